The standard InChI is InChI=1S/C14H18N2O4/c1-20-10-11-4-6-15(7-5-11)14-3-2-13(16(18)19)8-12(14)9-17/h2-4,8,17H,5-7,9-10H2,1H3. The van der Waals surface area contributed by atoms with Gasteiger partial charge >= 0.3 is 0 Å². The first kappa shape index (κ1) is 14.5. The van der Waals surface area contributed by atoms with E-state index in [9.17, 15) is 15.2 Å². The van der Waals surface area contributed by atoms with Crippen LogP contribution in [0.2, 0.25) is 0 Å². The molecule has 0 aromatic heterocycles. The zero-order valence-electron chi connectivity index (χ0n) is 11.4. The van der Waals surface area contributed by atoms with Crippen LogP contribution in [0.5, 0.6) is 0 Å². The Balaban J connectivity index is 2.19. The minimum Gasteiger partial charge on any atom is -0.392 e. The summed E-state index contributed by atoms with van der Waals surface area (Å²) in [5, 5.41) is 20.2. The summed E-state index contributed by atoms with van der Waals surface area (Å²) >= 11 is 0. The second-order valence-electron chi connectivity index (χ2n) is 4.72. The maximum Gasteiger partial charge on any atom is 0.269 e. The third-order valence-electron chi connectivity index (χ3n) is 3.42. The van der Waals surface area contributed by atoms with Crippen LogP contribution in [-0.4, -0.2) is 36.8 Å². The Kier molecular flexibility index (Phi) is 4.70. The van der Waals surface area contributed by atoms with Gasteiger partial charge in [0.15, 0.2) is 0 Å². The lowest BCUT2D eigenvalue weighted by Gasteiger charge is -2.29. The Bertz CT molecular complexity index is 528. The van der Waals surface area contributed by atoms with E-state index in [-0.39, 0.29) is 12.3 Å². The highest BCUT2D eigenvalue weighted by atomic mass is 16.6. The first-order valence-corrected chi connectivity index (χ1v) is 6.45. The zero-order chi connectivity index (χ0) is 14.5. The van der Waals surface area contributed by atoms with Crippen molar-refractivity contribution in [1.29, 1.82) is 0 Å². The smallest absolute Gasteiger partial charge is 0.269 e. The summed E-state index contributed by atoms with van der Waals surface area (Å²) in [7, 11) is 1.67. The fourth-order valence-electron chi connectivity index (χ4n) is 2.37. The molecule has 0 spiro atoms. The fraction of sp³-hybridized carbons (Fsp3) is 0.429. The normalized spacial score (nSPS) is 15.1. The van der Waals surface area contributed by atoms with Crippen molar-refractivity contribution in [2.24, 2.45) is 0 Å². The van der Waals surface area contributed by atoms with E-state index >= 15 is 0 Å². The number of aliphatic hydroxyl groups excluding tert-OH is 1. The van der Waals surface area contributed by atoms with E-state index in [1.165, 1.54) is 17.7 Å². The first-order valence-electron chi connectivity index (χ1n) is 6.45. The third-order valence-corrected chi connectivity index (χ3v) is 3.42. The van der Waals surface area contributed by atoms with Crippen LogP contribution < -0.4 is 4.90 Å². The molecule has 1 aromatic carbocycles. The number of non-ortho nitro benzene ring substituents is 1. The van der Waals surface area contributed by atoms with Gasteiger partial charge in [0, 0.05) is 43.6 Å². The minimum atomic E-state index is -0.449. The van der Waals surface area contributed by atoms with Crippen molar-refractivity contribution < 1.29 is 14.8 Å². The lowest BCUT2D eigenvalue weighted by atomic mass is 10.1. The van der Waals surface area contributed by atoms with E-state index < -0.39 is 4.92 Å². The molecule has 0 saturated heterocycles. The third kappa shape index (κ3) is 3.15. The molecule has 20 heavy (non-hydrogen) atoms. The van der Waals surface area contributed by atoms with E-state index in [4.69, 9.17) is 4.74 Å². The van der Waals surface area contributed by atoms with Gasteiger partial charge < -0.3 is 14.7 Å². The number of aliphatic hydroxyl groups is 1. The molecule has 0 saturated carbocycles. The number of methoxy groups -OCH3 is 1. The molecular weight excluding hydrogens is 260 g/mol. The number of hydrogen-bond donors (Lipinski definition) is 1. The summed E-state index contributed by atoms with van der Waals surface area (Å²) in [6.07, 6.45) is 3.01. The molecule has 1 N–H and O–H groups in total. The predicted octanol–water partition coefficient (Wildman–Crippen LogP) is 1.87. The zero-order valence-corrected chi connectivity index (χ0v) is 11.4. The summed E-state index contributed by atoms with van der Waals surface area (Å²) in [6, 6.07) is 4.62. The van der Waals surface area contributed by atoms with Gasteiger partial charge in [-0.1, -0.05) is 6.08 Å². The Labute approximate surface area is 117 Å². The molecule has 1 heterocycles. The molecule has 1 aliphatic heterocycles. The van der Waals surface area contributed by atoms with Crippen molar-refractivity contribution in [2.45, 2.75) is 13.0 Å². The number of nitro groups is 1. The van der Waals surface area contributed by atoms with Gasteiger partial charge in [0.05, 0.1) is 18.1 Å². The summed E-state index contributed by atoms with van der Waals surface area (Å²) in [5.41, 5.74) is 2.70. The molecule has 1 aromatic rings. The highest BCUT2D eigenvalue weighted by molar-refractivity contribution is 5.58. The van der Waals surface area contributed by atoms with Gasteiger partial charge in [0.2, 0.25) is 0 Å². The molecule has 0 fully saturated rings. The maximum absolute atomic E-state index is 10.8. The minimum absolute atomic E-state index is 0.00502. The summed E-state index contributed by atoms with van der Waals surface area (Å²) in [6.45, 7) is 1.98. The average Bonchev–Trinajstić information content (AvgIpc) is 2.47. The monoisotopic (exact) mass is 278 g/mol. The van der Waals surface area contributed by atoms with Gasteiger partial charge in [0.1, 0.15) is 0 Å². The highest BCUT2D eigenvalue weighted by Gasteiger charge is 2.17. The van der Waals surface area contributed by atoms with Gasteiger partial charge in [-0.15, -0.1) is 0 Å². The van der Waals surface area contributed by atoms with Crippen molar-refractivity contribution in [3.05, 3.63) is 45.5 Å². The van der Waals surface area contributed by atoms with Crippen LogP contribution >= 0.6 is 0 Å². The molecule has 6 heteroatoms. The summed E-state index contributed by atoms with van der Waals surface area (Å²) in [4.78, 5) is 12.4. The van der Waals surface area contributed by atoms with Crippen LogP contribution in [0.1, 0.15) is 12.0 Å². The van der Waals surface area contributed by atoms with Crippen molar-refractivity contribution >= 4 is 11.4 Å². The molecular formula is C14H18N2O4. The van der Waals surface area contributed by atoms with Crippen molar-refractivity contribution in [1.82, 2.24) is 0 Å². The van der Waals surface area contributed by atoms with Crippen molar-refractivity contribution in [2.75, 3.05) is 31.7 Å². The quantitative estimate of drug-likeness (QED) is 0.505. The topological polar surface area (TPSA) is 75.8 Å². The molecule has 1 aliphatic rings. The Morgan fingerprint density at radius 2 is 2.30 bits per heavy atom. The van der Waals surface area contributed by atoms with E-state index in [0.29, 0.717) is 12.2 Å². The van der Waals surface area contributed by atoms with E-state index in [0.717, 1.165) is 25.2 Å². The van der Waals surface area contributed by atoms with Crippen LogP contribution in [0.3, 0.4) is 0 Å². The maximum atomic E-state index is 10.8. The van der Waals surface area contributed by atoms with E-state index in [1.54, 1.807) is 13.2 Å². The molecule has 0 atom stereocenters. The van der Waals surface area contributed by atoms with E-state index in [1.807, 2.05) is 0 Å². The Morgan fingerprint density at radius 1 is 1.50 bits per heavy atom. The van der Waals surface area contributed by atoms with Gasteiger partial charge in [-0.2, -0.15) is 0 Å². The second-order valence-corrected chi connectivity index (χ2v) is 4.72. The number of rotatable bonds is 5. The van der Waals surface area contributed by atoms with Crippen LogP contribution in [0, 0.1) is 10.1 Å². The predicted molar refractivity (Wildman–Crippen MR) is 75.8 cm³/mol. The number of nitrogens with zero attached hydrogens (tertiary/aromatic N) is 2. The van der Waals surface area contributed by atoms with Crippen molar-refractivity contribution in [3.8, 4) is 0 Å². The number of anilines is 1. The summed E-state index contributed by atoms with van der Waals surface area (Å²) in [5.74, 6) is 0. The van der Waals surface area contributed by atoms with Gasteiger partial charge in [0.25, 0.3) is 5.69 Å². The Hall–Kier alpha value is -1.92. The molecule has 6 nitrogen and oxygen atoms in total. The van der Waals surface area contributed by atoms with Crippen LogP contribution in [0.15, 0.2) is 29.8 Å². The van der Waals surface area contributed by atoms with Crippen LogP contribution in [0.25, 0.3) is 0 Å². The Morgan fingerprint density at radius 3 is 2.85 bits per heavy atom. The number of hydrogen-bond acceptors (Lipinski definition) is 5. The molecule has 0 aliphatic carbocycles. The van der Waals surface area contributed by atoms with Gasteiger partial charge in [-0.3, -0.25) is 10.1 Å². The highest BCUT2D eigenvalue weighted by Crippen LogP contribution is 2.27. The lowest BCUT2D eigenvalue weighted by molar-refractivity contribution is -0.384. The molecule has 108 valence electrons. The summed E-state index contributed by atoms with van der Waals surface area (Å²) < 4.78 is 5.11. The van der Waals surface area contributed by atoms with Crippen LogP contribution in [-0.2, 0) is 11.3 Å². The SMILES string of the molecule is COCC1=CCN(c2ccc([N+](=O)[O-])cc2CO)CC1. The number of ether oxygens (including phenoxy) is 1. The van der Waals surface area contributed by atoms with E-state index in [2.05, 4.69) is 11.0 Å². The molecule has 0 bridgehead atoms. The van der Waals surface area contributed by atoms with Gasteiger partial charge in [-0.25, -0.2) is 0 Å². The fourth-order valence-corrected chi connectivity index (χ4v) is 2.37. The molecule has 0 unspecified atom stereocenters. The number of nitro benzene ring substituents is 1. The van der Waals surface area contributed by atoms with Crippen LogP contribution in [0.4, 0.5) is 11.4 Å². The molecule has 0 radical (unpaired) electrons. The number of benzene rings is 1. The lowest BCUT2D eigenvalue weighted by Crippen LogP contribution is -2.30. The van der Waals surface area contributed by atoms with Gasteiger partial charge in [-0.05, 0) is 18.1 Å². The largest absolute Gasteiger partial charge is 0.392 e. The second kappa shape index (κ2) is 6.49. The first-order chi connectivity index (χ1) is 9.65. The molecule has 0 amide bonds. The molecule has 2 rings (SSSR count). The van der Waals surface area contributed by atoms with Crippen molar-refractivity contribution in [3.63, 3.8) is 0 Å². The average molecular weight is 278 g/mol.